The Labute approximate surface area is 197 Å². The maximum atomic E-state index is 9.06. The lowest BCUT2D eigenvalue weighted by Crippen LogP contribution is -2.24. The van der Waals surface area contributed by atoms with E-state index in [1.54, 1.807) is 0 Å². The van der Waals surface area contributed by atoms with Gasteiger partial charge in [0.2, 0.25) is 0 Å². The van der Waals surface area contributed by atoms with Gasteiger partial charge in [-0.2, -0.15) is 0 Å². The third-order valence-electron chi connectivity index (χ3n) is 5.75. The molecule has 0 spiro atoms. The number of aromatic nitrogens is 2. The summed E-state index contributed by atoms with van der Waals surface area (Å²) in [6, 6.07) is 22.9. The molecule has 0 unspecified atom stereocenters. The molecule has 3 aromatic carbocycles. The van der Waals surface area contributed by atoms with Crippen molar-refractivity contribution in [3.8, 4) is 17.1 Å². The van der Waals surface area contributed by atoms with Crippen molar-refractivity contribution in [2.45, 2.75) is 65.2 Å². The van der Waals surface area contributed by atoms with Crippen molar-refractivity contribution in [3.63, 3.8) is 0 Å². The van der Waals surface area contributed by atoms with Crippen LogP contribution in [0.15, 0.2) is 66.7 Å². The Bertz CT molecular complexity index is 1290. The summed E-state index contributed by atoms with van der Waals surface area (Å²) in [6.07, 6.45) is 0. The number of imidazole rings is 1. The van der Waals surface area contributed by atoms with Gasteiger partial charge in [0, 0.05) is 16.4 Å². The van der Waals surface area contributed by atoms with Crippen LogP contribution in [0.25, 0.3) is 28.1 Å². The summed E-state index contributed by atoms with van der Waals surface area (Å²) in [4.78, 5) is 5.07. The van der Waals surface area contributed by atoms with Crippen LogP contribution in [0.5, 0.6) is 0 Å². The minimum atomic E-state index is -2.12. The van der Waals surface area contributed by atoms with Gasteiger partial charge < -0.3 is 0 Å². The molecule has 0 bridgehead atoms. The molecular weight excluding hydrogens is 404 g/mol. The van der Waals surface area contributed by atoms with Gasteiger partial charge in [-0.1, -0.05) is 102 Å². The first-order chi connectivity index (χ1) is 15.9. The first kappa shape index (κ1) is 20.0. The van der Waals surface area contributed by atoms with Crippen LogP contribution < -0.4 is 0 Å². The summed E-state index contributed by atoms with van der Waals surface area (Å²) < 4.78 is 20.4. The maximum absolute atomic E-state index is 9.06. The highest BCUT2D eigenvalue weighted by molar-refractivity contribution is 6.75. The van der Waals surface area contributed by atoms with Crippen molar-refractivity contribution in [3.05, 3.63) is 83.4 Å². The fourth-order valence-electron chi connectivity index (χ4n) is 4.36. The van der Waals surface area contributed by atoms with E-state index in [4.69, 9.17) is 7.73 Å². The van der Waals surface area contributed by atoms with Gasteiger partial charge >= 0.3 is 0 Å². The van der Waals surface area contributed by atoms with E-state index >= 15 is 0 Å². The number of nitrogens with zero attached hydrogens (tertiary/aromatic N) is 2. The highest BCUT2D eigenvalue weighted by Crippen LogP contribution is 2.38. The molecule has 32 heavy (non-hydrogen) atoms. The Morgan fingerprint density at radius 2 is 1.41 bits per heavy atom. The summed E-state index contributed by atoms with van der Waals surface area (Å²) in [5.41, 5.74) is 7.41. The van der Waals surface area contributed by atoms with Crippen molar-refractivity contribution in [2.24, 2.45) is 0 Å². The van der Waals surface area contributed by atoms with E-state index in [2.05, 4.69) is 107 Å². The van der Waals surface area contributed by atoms with Crippen LogP contribution in [0.1, 0.15) is 59.0 Å². The van der Waals surface area contributed by atoms with Gasteiger partial charge in [-0.05, 0) is 46.7 Å². The van der Waals surface area contributed by atoms with Crippen LogP contribution in [0.3, 0.4) is 0 Å². The van der Waals surface area contributed by atoms with Crippen molar-refractivity contribution >= 4 is 19.1 Å². The second-order valence-electron chi connectivity index (χ2n) is 10.3. The smallest absolute Gasteiger partial charge is 0.145 e. The van der Waals surface area contributed by atoms with Gasteiger partial charge in [0.25, 0.3) is 0 Å². The van der Waals surface area contributed by atoms with E-state index in [0.29, 0.717) is 0 Å². The molecule has 166 valence electrons. The Morgan fingerprint density at radius 3 is 1.97 bits per heavy atom. The standard InChI is InChI=1S/C29H36N2Si/c1-20(2)24-17-22(19-32(5,6)7)18-25(21(3)4)28(24)31-27-16-12-11-15-26(27)30-29(31)23-13-9-8-10-14-23/h8-18,20-21H,19H2,1-7H3/i19D2. The highest BCUT2D eigenvalue weighted by Gasteiger charge is 2.24. The lowest BCUT2D eigenvalue weighted by Gasteiger charge is -2.26. The molecule has 0 saturated carbocycles. The van der Waals surface area contributed by atoms with Crippen LogP contribution in [0, 0.1) is 0 Å². The summed E-state index contributed by atoms with van der Waals surface area (Å²) in [6.45, 7) is 15.2. The number of hydrogen-bond acceptors (Lipinski definition) is 1. The largest absolute Gasteiger partial charge is 0.292 e. The highest BCUT2D eigenvalue weighted by atomic mass is 28.3. The monoisotopic (exact) mass is 442 g/mol. The molecule has 0 saturated heterocycles. The van der Waals surface area contributed by atoms with Crippen molar-refractivity contribution in [1.82, 2.24) is 9.55 Å². The number of benzene rings is 3. The predicted octanol–water partition coefficient (Wildman–Crippen LogP) is 8.36. The molecule has 2 nitrogen and oxygen atoms in total. The lowest BCUT2D eigenvalue weighted by molar-refractivity contribution is 0.807. The molecular formula is C29H36N2Si. The van der Waals surface area contributed by atoms with Crippen LogP contribution in [-0.2, 0) is 6.00 Å². The zero-order chi connectivity index (χ0) is 24.8. The van der Waals surface area contributed by atoms with Gasteiger partial charge in [0.05, 0.1) is 16.7 Å². The van der Waals surface area contributed by atoms with Gasteiger partial charge in [0.15, 0.2) is 0 Å². The molecule has 0 N–H and O–H groups in total. The molecule has 0 amide bonds. The van der Waals surface area contributed by atoms with Gasteiger partial charge in [0.1, 0.15) is 5.82 Å². The summed E-state index contributed by atoms with van der Waals surface area (Å²) >= 11 is 0. The summed E-state index contributed by atoms with van der Waals surface area (Å²) in [7, 11) is -2.12. The van der Waals surface area contributed by atoms with Crippen molar-refractivity contribution < 1.29 is 2.74 Å². The number of hydrogen-bond donors (Lipinski definition) is 0. The van der Waals surface area contributed by atoms with Crippen molar-refractivity contribution in [1.29, 1.82) is 0 Å². The van der Waals surface area contributed by atoms with E-state index in [-0.39, 0.29) is 11.8 Å². The van der Waals surface area contributed by atoms with Gasteiger partial charge in [-0.15, -0.1) is 0 Å². The van der Waals surface area contributed by atoms with E-state index in [0.717, 1.165) is 33.7 Å². The van der Waals surface area contributed by atoms with Gasteiger partial charge in [-0.3, -0.25) is 4.57 Å². The zero-order valence-electron chi connectivity index (χ0n) is 22.4. The van der Waals surface area contributed by atoms with E-state index in [1.165, 1.54) is 11.1 Å². The quantitative estimate of drug-likeness (QED) is 0.274. The molecule has 0 aliphatic heterocycles. The maximum Gasteiger partial charge on any atom is 0.145 e. The van der Waals surface area contributed by atoms with Crippen LogP contribution in [-0.4, -0.2) is 17.6 Å². The Hall–Kier alpha value is -2.65. The SMILES string of the molecule is [2H]C([2H])(c1cc(C(C)C)c(-n2c(-c3ccccc3)nc3ccccc32)c(C(C)C)c1)[Si](C)(C)C. The van der Waals surface area contributed by atoms with Crippen molar-refractivity contribution in [2.75, 3.05) is 0 Å². The second-order valence-corrected chi connectivity index (χ2v) is 15.1. The second kappa shape index (κ2) is 8.71. The zero-order valence-corrected chi connectivity index (χ0v) is 21.4. The first-order valence-corrected chi connectivity index (χ1v) is 15.1. The average molecular weight is 443 g/mol. The third kappa shape index (κ3) is 4.45. The number of fused-ring (bicyclic) bond motifs is 1. The molecule has 0 radical (unpaired) electrons. The predicted molar refractivity (Wildman–Crippen MR) is 142 cm³/mol. The molecule has 0 aliphatic carbocycles. The molecule has 0 fully saturated rings. The summed E-state index contributed by atoms with van der Waals surface area (Å²) in [5, 5.41) is 0. The normalized spacial score (nSPS) is 13.7. The molecule has 1 heterocycles. The fourth-order valence-corrected chi connectivity index (χ4v) is 5.37. The van der Waals surface area contributed by atoms with Crippen LogP contribution in [0.4, 0.5) is 0 Å². The van der Waals surface area contributed by atoms with Crippen LogP contribution in [0.2, 0.25) is 19.6 Å². The third-order valence-corrected chi connectivity index (χ3v) is 6.79. The Morgan fingerprint density at radius 1 is 0.844 bits per heavy atom. The van der Waals surface area contributed by atoms with E-state index in [1.807, 2.05) is 12.1 Å². The summed E-state index contributed by atoms with van der Waals surface area (Å²) in [5.74, 6) is 0.0637. The topological polar surface area (TPSA) is 17.8 Å². The first-order valence-electron chi connectivity index (χ1n) is 12.6. The molecule has 4 rings (SSSR count). The lowest BCUT2D eigenvalue weighted by atomic mass is 9.90. The molecule has 4 aromatic rings. The number of para-hydroxylation sites is 2. The number of rotatable bonds is 6. The minimum Gasteiger partial charge on any atom is -0.292 e. The molecule has 0 atom stereocenters. The minimum absolute atomic E-state index is 0.231. The molecule has 3 heteroatoms. The van der Waals surface area contributed by atoms with E-state index in [9.17, 15) is 0 Å². The van der Waals surface area contributed by atoms with Crippen LogP contribution >= 0.6 is 0 Å². The average Bonchev–Trinajstić information content (AvgIpc) is 3.17. The van der Waals surface area contributed by atoms with E-state index < -0.39 is 14.1 Å². The molecule has 0 aliphatic rings. The Balaban J connectivity index is 2.14. The Kier molecular flexibility index (Phi) is 5.44. The fraction of sp³-hybridized carbons (Fsp3) is 0.345. The molecule has 1 aromatic heterocycles. The van der Waals surface area contributed by atoms with Gasteiger partial charge in [-0.25, -0.2) is 4.98 Å².